The van der Waals surface area contributed by atoms with Crippen LogP contribution in [0.15, 0.2) is 44.6 Å². The molecule has 0 aliphatic carbocycles. The minimum Gasteiger partial charge on any atom is -0.477 e. The number of carboxylic acids is 1. The predicted octanol–water partition coefficient (Wildman–Crippen LogP) is 2.64. The molecule has 0 unspecified atom stereocenters. The first-order valence-corrected chi connectivity index (χ1v) is 10.5. The highest BCUT2D eigenvalue weighted by atomic mass is 32.2. The number of hydrogen-bond acceptors (Lipinski definition) is 7. The number of carbonyl (C=O) groups is 2. The Balaban J connectivity index is 1.63. The van der Waals surface area contributed by atoms with Crippen molar-refractivity contribution < 1.29 is 19.8 Å². The molecule has 1 saturated heterocycles. The molecule has 1 aromatic carbocycles. The van der Waals surface area contributed by atoms with E-state index in [2.05, 4.69) is 4.98 Å². The van der Waals surface area contributed by atoms with Gasteiger partial charge in [0.05, 0.1) is 23.8 Å². The van der Waals surface area contributed by atoms with Crippen LogP contribution >= 0.6 is 23.1 Å². The van der Waals surface area contributed by atoms with Crippen molar-refractivity contribution in [1.82, 2.24) is 9.88 Å². The van der Waals surface area contributed by atoms with Crippen molar-refractivity contribution in [3.8, 4) is 11.3 Å². The number of nitrogen functional groups attached to an aromatic ring is 1. The van der Waals surface area contributed by atoms with Crippen LogP contribution in [0.3, 0.4) is 0 Å². The van der Waals surface area contributed by atoms with Gasteiger partial charge in [-0.3, -0.25) is 4.79 Å². The summed E-state index contributed by atoms with van der Waals surface area (Å²) < 4.78 is 0.705. The summed E-state index contributed by atoms with van der Waals surface area (Å²) in [4.78, 5) is 30.8. The fourth-order valence-corrected chi connectivity index (χ4v) is 5.94. The summed E-state index contributed by atoms with van der Waals surface area (Å²) >= 11 is 2.71. The molecule has 2 aliphatic heterocycles. The number of nitrogens with zero attached hydrogens (tertiary/aromatic N) is 2. The van der Waals surface area contributed by atoms with Crippen molar-refractivity contribution in [2.75, 3.05) is 5.73 Å². The standard InChI is InChI=1S/C19H19N3O4S2/c1-8-14-13(9(2)23)17(24)22(14)15(18(25)26)16(8)28-19-21-12(7-27-19)10-3-5-11(20)6-4-10/h3-9,13-14,23H,20H2,1-2H3,(H,25,26)/t8-,9-,13-,14-/m1/s1. The van der Waals surface area contributed by atoms with Gasteiger partial charge in [0.15, 0.2) is 4.34 Å². The van der Waals surface area contributed by atoms with Crippen molar-refractivity contribution in [2.24, 2.45) is 11.8 Å². The number of hydrogen-bond donors (Lipinski definition) is 3. The molecule has 0 saturated carbocycles. The van der Waals surface area contributed by atoms with Gasteiger partial charge in [-0.2, -0.15) is 0 Å². The topological polar surface area (TPSA) is 117 Å². The Morgan fingerprint density at radius 2 is 2.04 bits per heavy atom. The minimum atomic E-state index is -1.13. The van der Waals surface area contributed by atoms with E-state index in [1.807, 2.05) is 24.4 Å². The number of aromatic nitrogens is 1. The lowest BCUT2D eigenvalue weighted by Crippen LogP contribution is -2.63. The van der Waals surface area contributed by atoms with E-state index in [0.29, 0.717) is 14.9 Å². The van der Waals surface area contributed by atoms with E-state index >= 15 is 0 Å². The smallest absolute Gasteiger partial charge is 0.353 e. The molecular weight excluding hydrogens is 398 g/mol. The fraction of sp³-hybridized carbons (Fsp3) is 0.316. The van der Waals surface area contributed by atoms with Gasteiger partial charge in [0, 0.05) is 27.5 Å². The number of thiazole rings is 1. The monoisotopic (exact) mass is 417 g/mol. The van der Waals surface area contributed by atoms with Crippen molar-refractivity contribution in [2.45, 2.75) is 30.3 Å². The number of carbonyl (C=O) groups excluding carboxylic acids is 1. The quantitative estimate of drug-likeness (QED) is 0.506. The van der Waals surface area contributed by atoms with Crippen molar-refractivity contribution in [3.05, 3.63) is 40.2 Å². The van der Waals surface area contributed by atoms with Crippen LogP contribution in [0.1, 0.15) is 13.8 Å². The molecule has 2 aromatic rings. The van der Waals surface area contributed by atoms with Gasteiger partial charge in [-0.25, -0.2) is 9.78 Å². The van der Waals surface area contributed by atoms with E-state index in [-0.39, 0.29) is 23.6 Å². The highest BCUT2D eigenvalue weighted by Gasteiger charge is 2.60. The SMILES string of the molecule is C[C@@H](O)[C@H]1C(=O)N2C(C(=O)O)=C(Sc3nc(-c4ccc(N)cc4)cs3)[C@H](C)[C@H]12. The molecule has 4 atom stereocenters. The second-order valence-corrected chi connectivity index (χ2v) is 9.14. The predicted molar refractivity (Wildman–Crippen MR) is 107 cm³/mol. The highest BCUT2D eigenvalue weighted by Crippen LogP contribution is 2.52. The third-order valence-corrected chi connectivity index (χ3v) is 7.42. The third kappa shape index (κ3) is 2.90. The Kier molecular flexibility index (Phi) is 4.68. The number of aliphatic carboxylic acids is 1. The molecule has 1 aromatic heterocycles. The van der Waals surface area contributed by atoms with E-state index in [1.165, 1.54) is 28.0 Å². The minimum absolute atomic E-state index is 0.00800. The number of amides is 1. The molecule has 0 radical (unpaired) electrons. The molecular formula is C19H19N3O4S2. The molecule has 0 bridgehead atoms. The number of carboxylic acid groups (broad SMARTS) is 1. The summed E-state index contributed by atoms with van der Waals surface area (Å²) in [6.07, 6.45) is -0.812. The van der Waals surface area contributed by atoms with Gasteiger partial charge >= 0.3 is 5.97 Å². The number of aliphatic hydroxyl groups is 1. The number of benzene rings is 1. The Morgan fingerprint density at radius 3 is 2.64 bits per heavy atom. The Labute approximate surface area is 169 Å². The molecule has 4 rings (SSSR count). The number of nitrogens with two attached hydrogens (primary N) is 1. The van der Waals surface area contributed by atoms with Crippen LogP contribution in [0.5, 0.6) is 0 Å². The number of fused-ring (bicyclic) bond motifs is 1. The van der Waals surface area contributed by atoms with Crippen molar-refractivity contribution >= 4 is 40.7 Å². The zero-order chi connectivity index (χ0) is 20.2. The average Bonchev–Trinajstić information content (AvgIpc) is 3.18. The fourth-order valence-electron chi connectivity index (χ4n) is 3.84. The number of rotatable bonds is 5. The van der Waals surface area contributed by atoms with Gasteiger partial charge in [0.2, 0.25) is 5.91 Å². The largest absolute Gasteiger partial charge is 0.477 e. The molecule has 2 aliphatic rings. The Morgan fingerprint density at radius 1 is 1.36 bits per heavy atom. The molecule has 146 valence electrons. The number of aliphatic hydroxyl groups excluding tert-OH is 1. The second-order valence-electron chi connectivity index (χ2n) is 6.99. The molecule has 1 amide bonds. The highest BCUT2D eigenvalue weighted by molar-refractivity contribution is 8.04. The molecule has 0 spiro atoms. The average molecular weight is 418 g/mol. The normalized spacial score (nSPS) is 24.9. The van der Waals surface area contributed by atoms with E-state index in [1.54, 1.807) is 19.1 Å². The number of anilines is 1. The first-order valence-electron chi connectivity index (χ1n) is 8.77. The van der Waals surface area contributed by atoms with Gasteiger partial charge < -0.3 is 20.8 Å². The van der Waals surface area contributed by atoms with Crippen LogP contribution in [-0.2, 0) is 9.59 Å². The van der Waals surface area contributed by atoms with Gasteiger partial charge in [0.1, 0.15) is 5.70 Å². The summed E-state index contributed by atoms with van der Waals surface area (Å²) in [5, 5.41) is 21.5. The Hall–Kier alpha value is -2.36. The summed E-state index contributed by atoms with van der Waals surface area (Å²) in [6, 6.07) is 7.06. The lowest BCUT2D eigenvalue weighted by Gasteiger charge is -2.46. The first-order chi connectivity index (χ1) is 13.3. The summed E-state index contributed by atoms with van der Waals surface area (Å²) in [5.41, 5.74) is 8.12. The van der Waals surface area contributed by atoms with E-state index < -0.39 is 18.0 Å². The maximum Gasteiger partial charge on any atom is 0.353 e. The van der Waals surface area contributed by atoms with Crippen LogP contribution in [-0.4, -0.2) is 44.1 Å². The van der Waals surface area contributed by atoms with Crippen LogP contribution < -0.4 is 5.73 Å². The van der Waals surface area contributed by atoms with Crippen molar-refractivity contribution in [3.63, 3.8) is 0 Å². The van der Waals surface area contributed by atoms with Crippen LogP contribution in [0.25, 0.3) is 11.3 Å². The lowest BCUT2D eigenvalue weighted by atomic mass is 9.79. The summed E-state index contributed by atoms with van der Waals surface area (Å²) in [7, 11) is 0. The van der Waals surface area contributed by atoms with E-state index in [4.69, 9.17) is 5.73 Å². The van der Waals surface area contributed by atoms with Crippen molar-refractivity contribution in [1.29, 1.82) is 0 Å². The van der Waals surface area contributed by atoms with E-state index in [0.717, 1.165) is 11.3 Å². The van der Waals surface area contributed by atoms with Crippen LogP contribution in [0, 0.1) is 11.8 Å². The van der Waals surface area contributed by atoms with Gasteiger partial charge in [-0.05, 0) is 19.1 Å². The van der Waals surface area contributed by atoms with Gasteiger partial charge in [-0.1, -0.05) is 30.8 Å². The number of β-lactam (4-membered cyclic amide) rings is 1. The summed E-state index contributed by atoms with van der Waals surface area (Å²) in [6.45, 7) is 3.46. The summed E-state index contributed by atoms with van der Waals surface area (Å²) in [5.74, 6) is -2.22. The molecule has 28 heavy (non-hydrogen) atoms. The molecule has 3 heterocycles. The maximum atomic E-state index is 12.4. The molecule has 7 nitrogen and oxygen atoms in total. The van der Waals surface area contributed by atoms with E-state index in [9.17, 15) is 19.8 Å². The van der Waals surface area contributed by atoms with Gasteiger partial charge in [-0.15, -0.1) is 11.3 Å². The Bertz CT molecular complexity index is 983. The third-order valence-electron chi connectivity index (χ3n) is 5.20. The van der Waals surface area contributed by atoms with Gasteiger partial charge in [0.25, 0.3) is 0 Å². The second kappa shape index (κ2) is 6.91. The zero-order valence-corrected chi connectivity index (χ0v) is 16.8. The number of thioether (sulfide) groups is 1. The first kappa shape index (κ1) is 19.0. The van der Waals surface area contributed by atoms with Crippen LogP contribution in [0.2, 0.25) is 0 Å². The maximum absolute atomic E-state index is 12.4. The zero-order valence-electron chi connectivity index (χ0n) is 15.2. The van der Waals surface area contributed by atoms with Crippen LogP contribution in [0.4, 0.5) is 5.69 Å². The molecule has 4 N–H and O–H groups in total. The lowest BCUT2D eigenvalue weighted by molar-refractivity contribution is -0.163. The molecule has 9 heteroatoms. The molecule has 1 fully saturated rings.